The lowest BCUT2D eigenvalue weighted by Gasteiger charge is -2.51. The maximum Gasteiger partial charge on any atom is 0.132 e. The van der Waals surface area contributed by atoms with Gasteiger partial charge in [-0.2, -0.15) is 0 Å². The lowest BCUT2D eigenvalue weighted by molar-refractivity contribution is -0.152. The minimum Gasteiger partial charge on any atom is -0.384 e. The first-order valence-corrected chi connectivity index (χ1v) is 6.90. The number of fused-ring (bicyclic) bond motifs is 2. The van der Waals surface area contributed by atoms with Crippen LogP contribution in [0.15, 0.2) is 18.2 Å². The number of halogens is 2. The zero-order valence-electron chi connectivity index (χ0n) is 11.6. The first-order chi connectivity index (χ1) is 8.72. The predicted octanol–water partition coefficient (Wildman–Crippen LogP) is 4.00. The smallest absolute Gasteiger partial charge is 0.132 e. The van der Waals surface area contributed by atoms with Gasteiger partial charge in [0, 0.05) is 22.5 Å². The van der Waals surface area contributed by atoms with Gasteiger partial charge < -0.3 is 5.11 Å². The Morgan fingerprint density at radius 3 is 2.42 bits per heavy atom. The average molecular weight is 266 g/mol. The van der Waals surface area contributed by atoms with E-state index in [1.165, 1.54) is 12.1 Å². The highest BCUT2D eigenvalue weighted by atomic mass is 19.1. The number of hydrogen-bond acceptors (Lipinski definition) is 1. The lowest BCUT2D eigenvalue weighted by atomic mass is 9.57. The van der Waals surface area contributed by atoms with Gasteiger partial charge in [0.05, 0.1) is 0 Å². The monoisotopic (exact) mass is 266 g/mol. The summed E-state index contributed by atoms with van der Waals surface area (Å²) < 4.78 is 27.3. The minimum absolute atomic E-state index is 0.253. The van der Waals surface area contributed by atoms with E-state index >= 15 is 0 Å². The van der Waals surface area contributed by atoms with Crippen LogP contribution in [0, 0.1) is 28.4 Å². The fourth-order valence-corrected chi connectivity index (χ4v) is 4.71. The molecule has 3 rings (SSSR count). The van der Waals surface area contributed by atoms with Crippen molar-refractivity contribution in [1.82, 2.24) is 0 Å². The summed E-state index contributed by atoms with van der Waals surface area (Å²) in [4.78, 5) is 0. The van der Waals surface area contributed by atoms with Crippen molar-refractivity contribution in [3.63, 3.8) is 0 Å². The van der Waals surface area contributed by atoms with E-state index in [2.05, 4.69) is 0 Å². The topological polar surface area (TPSA) is 20.2 Å². The second-order valence-corrected chi connectivity index (χ2v) is 7.06. The van der Waals surface area contributed by atoms with E-state index < -0.39 is 22.7 Å². The van der Waals surface area contributed by atoms with Crippen LogP contribution in [0.4, 0.5) is 8.78 Å². The van der Waals surface area contributed by atoms with Gasteiger partial charge in [0.15, 0.2) is 0 Å². The normalized spacial score (nSPS) is 39.8. The zero-order valence-corrected chi connectivity index (χ0v) is 11.6. The van der Waals surface area contributed by atoms with Gasteiger partial charge in [-0.05, 0) is 31.2 Å². The van der Waals surface area contributed by atoms with E-state index in [1.54, 1.807) is 0 Å². The van der Waals surface area contributed by atoms with Crippen LogP contribution in [0.3, 0.4) is 0 Å². The molecule has 1 aromatic rings. The molecule has 3 heteroatoms. The van der Waals surface area contributed by atoms with Crippen LogP contribution < -0.4 is 0 Å². The molecule has 0 saturated heterocycles. The van der Waals surface area contributed by atoms with Gasteiger partial charge in [0.2, 0.25) is 0 Å². The molecule has 2 fully saturated rings. The van der Waals surface area contributed by atoms with Gasteiger partial charge in [0.1, 0.15) is 17.2 Å². The summed E-state index contributed by atoms with van der Waals surface area (Å²) in [5.74, 6) is -0.840. The maximum absolute atomic E-state index is 14.2. The summed E-state index contributed by atoms with van der Waals surface area (Å²) in [5.41, 5.74) is -1.68. The third-order valence-electron chi connectivity index (χ3n) is 5.89. The molecule has 19 heavy (non-hydrogen) atoms. The molecule has 3 unspecified atom stereocenters. The first kappa shape index (κ1) is 13.0. The molecule has 1 N–H and O–H groups in total. The summed E-state index contributed by atoms with van der Waals surface area (Å²) in [6, 6.07) is 3.53. The van der Waals surface area contributed by atoms with E-state index in [4.69, 9.17) is 0 Å². The number of hydrogen-bond donors (Lipinski definition) is 1. The average Bonchev–Trinajstić information content (AvgIpc) is 2.77. The van der Waals surface area contributed by atoms with E-state index in [1.807, 2.05) is 20.8 Å². The molecule has 2 aliphatic carbocycles. The fourth-order valence-electron chi connectivity index (χ4n) is 4.71. The Bertz CT molecular complexity index is 533. The van der Waals surface area contributed by atoms with Crippen molar-refractivity contribution in [1.29, 1.82) is 0 Å². The summed E-state index contributed by atoms with van der Waals surface area (Å²) in [6.07, 6.45) is 2.89. The summed E-state index contributed by atoms with van der Waals surface area (Å²) in [7, 11) is 0. The van der Waals surface area contributed by atoms with Crippen LogP contribution in [0.25, 0.3) is 0 Å². The van der Waals surface area contributed by atoms with Crippen molar-refractivity contribution in [3.8, 4) is 0 Å². The molecule has 104 valence electrons. The highest BCUT2D eigenvalue weighted by molar-refractivity contribution is 5.34. The molecule has 1 nitrogen and oxygen atoms in total. The molecular weight excluding hydrogens is 246 g/mol. The van der Waals surface area contributed by atoms with Gasteiger partial charge in [0.25, 0.3) is 0 Å². The van der Waals surface area contributed by atoms with Crippen LogP contribution >= 0.6 is 0 Å². The zero-order chi connectivity index (χ0) is 14.1. The molecule has 0 aromatic heterocycles. The van der Waals surface area contributed by atoms with Crippen molar-refractivity contribution >= 4 is 0 Å². The maximum atomic E-state index is 14.2. The fraction of sp³-hybridized carbons (Fsp3) is 0.625. The largest absolute Gasteiger partial charge is 0.384 e. The Kier molecular flexibility index (Phi) is 2.45. The van der Waals surface area contributed by atoms with Gasteiger partial charge in [-0.15, -0.1) is 0 Å². The van der Waals surface area contributed by atoms with Crippen molar-refractivity contribution in [2.24, 2.45) is 16.7 Å². The van der Waals surface area contributed by atoms with Crippen LogP contribution in [0.2, 0.25) is 0 Å². The van der Waals surface area contributed by atoms with Gasteiger partial charge in [-0.25, -0.2) is 8.78 Å². The predicted molar refractivity (Wildman–Crippen MR) is 69.5 cm³/mol. The van der Waals surface area contributed by atoms with Crippen LogP contribution in [-0.4, -0.2) is 5.11 Å². The Balaban J connectivity index is 2.21. The lowest BCUT2D eigenvalue weighted by Crippen LogP contribution is -2.51. The quantitative estimate of drug-likeness (QED) is 0.814. The number of rotatable bonds is 1. The highest BCUT2D eigenvalue weighted by Gasteiger charge is 2.69. The molecule has 1 aromatic carbocycles. The third kappa shape index (κ3) is 1.37. The molecule has 0 amide bonds. The molecule has 2 aliphatic rings. The number of aliphatic hydroxyl groups is 1. The Morgan fingerprint density at radius 2 is 1.89 bits per heavy atom. The Hall–Kier alpha value is -0.960. The first-order valence-electron chi connectivity index (χ1n) is 6.90. The van der Waals surface area contributed by atoms with Gasteiger partial charge >= 0.3 is 0 Å². The van der Waals surface area contributed by atoms with E-state index in [9.17, 15) is 13.9 Å². The second-order valence-electron chi connectivity index (χ2n) is 7.06. The van der Waals surface area contributed by atoms with Gasteiger partial charge in [-0.1, -0.05) is 26.8 Å². The summed E-state index contributed by atoms with van der Waals surface area (Å²) in [5, 5.41) is 11.3. The van der Waals surface area contributed by atoms with Crippen molar-refractivity contribution < 1.29 is 13.9 Å². The van der Waals surface area contributed by atoms with Crippen molar-refractivity contribution in [2.45, 2.75) is 45.6 Å². The Labute approximate surface area is 112 Å². The molecule has 3 atom stereocenters. The third-order valence-corrected chi connectivity index (χ3v) is 5.89. The van der Waals surface area contributed by atoms with Crippen LogP contribution in [0.1, 0.15) is 45.6 Å². The highest BCUT2D eigenvalue weighted by Crippen LogP contribution is 2.71. The molecular formula is C16H20F2O. The van der Waals surface area contributed by atoms with E-state index in [0.717, 1.165) is 25.3 Å². The van der Waals surface area contributed by atoms with Crippen LogP contribution in [0.5, 0.6) is 0 Å². The van der Waals surface area contributed by atoms with Gasteiger partial charge in [-0.3, -0.25) is 0 Å². The molecule has 2 saturated carbocycles. The second kappa shape index (κ2) is 3.57. The summed E-state index contributed by atoms with van der Waals surface area (Å²) in [6.45, 7) is 6.04. The Morgan fingerprint density at radius 1 is 1.21 bits per heavy atom. The SMILES string of the molecule is CC12CCC(C1)C(C)(C)C2(O)c1ccc(F)cc1F. The standard InChI is InChI=1S/C16H20F2O/c1-14(2)10-6-7-15(3,9-10)16(14,19)12-5-4-11(17)8-13(12)18/h4-5,8,10,19H,6-7,9H2,1-3H3. The number of benzene rings is 1. The molecule has 0 aliphatic heterocycles. The molecule has 0 spiro atoms. The molecule has 0 heterocycles. The van der Waals surface area contributed by atoms with E-state index in [-0.39, 0.29) is 11.0 Å². The van der Waals surface area contributed by atoms with Crippen molar-refractivity contribution in [2.75, 3.05) is 0 Å². The van der Waals surface area contributed by atoms with Crippen LogP contribution in [-0.2, 0) is 5.60 Å². The molecule has 2 bridgehead atoms. The van der Waals surface area contributed by atoms with Crippen molar-refractivity contribution in [3.05, 3.63) is 35.4 Å². The minimum atomic E-state index is -1.22. The molecule has 0 radical (unpaired) electrons. The van der Waals surface area contributed by atoms with E-state index in [0.29, 0.717) is 5.92 Å². The summed E-state index contributed by atoms with van der Waals surface area (Å²) >= 11 is 0.